The van der Waals surface area contributed by atoms with Crippen LogP contribution in [0.1, 0.15) is 25.1 Å². The van der Waals surface area contributed by atoms with E-state index < -0.39 is 0 Å². The molecule has 0 unspecified atom stereocenters. The average Bonchev–Trinajstić information content (AvgIpc) is 2.93. The summed E-state index contributed by atoms with van der Waals surface area (Å²) < 4.78 is 7.76. The maximum Gasteiger partial charge on any atom is 0.232 e. The zero-order valence-corrected chi connectivity index (χ0v) is 11.8. The number of hydrogen-bond donors (Lipinski definition) is 0. The summed E-state index contributed by atoms with van der Waals surface area (Å²) in [7, 11) is 0. The van der Waals surface area contributed by atoms with Crippen LogP contribution in [-0.4, -0.2) is 56.5 Å². The van der Waals surface area contributed by atoms with E-state index in [-0.39, 0.29) is 18.1 Å². The largest absolute Gasteiger partial charge is 0.370 e. The summed E-state index contributed by atoms with van der Waals surface area (Å²) in [5.41, 5.74) is 0.999. The van der Waals surface area contributed by atoms with Crippen LogP contribution in [0.2, 0.25) is 0 Å². The molecule has 104 valence electrons. The van der Waals surface area contributed by atoms with Gasteiger partial charge in [0.2, 0.25) is 5.91 Å². The van der Waals surface area contributed by atoms with Crippen molar-refractivity contribution in [2.24, 2.45) is 0 Å². The number of thioether (sulfide) groups is 1. The van der Waals surface area contributed by atoms with Crippen LogP contribution in [0.15, 0.2) is 6.20 Å². The molecule has 3 heterocycles. The lowest BCUT2D eigenvalue weighted by molar-refractivity contribution is -0.135. The van der Waals surface area contributed by atoms with E-state index >= 15 is 0 Å². The van der Waals surface area contributed by atoms with Crippen molar-refractivity contribution in [1.29, 1.82) is 0 Å². The molecule has 0 aromatic carbocycles. The molecular weight excluding hydrogens is 264 g/mol. The molecule has 7 heteroatoms. The molecule has 1 aromatic heterocycles. The minimum Gasteiger partial charge on any atom is -0.370 e. The maximum atomic E-state index is 12.1. The van der Waals surface area contributed by atoms with Gasteiger partial charge < -0.3 is 9.64 Å². The fourth-order valence-electron chi connectivity index (χ4n) is 2.69. The van der Waals surface area contributed by atoms with E-state index in [0.717, 1.165) is 24.4 Å². The topological polar surface area (TPSA) is 60.3 Å². The molecule has 1 aromatic rings. The summed E-state index contributed by atoms with van der Waals surface area (Å²) in [4.78, 5) is 14.0. The highest BCUT2D eigenvalue weighted by atomic mass is 32.2. The van der Waals surface area contributed by atoms with Crippen molar-refractivity contribution in [3.05, 3.63) is 11.9 Å². The van der Waals surface area contributed by atoms with E-state index in [1.165, 1.54) is 0 Å². The molecular formula is C12H18N4O2S. The van der Waals surface area contributed by atoms with Crippen LogP contribution in [0.3, 0.4) is 0 Å². The number of likely N-dealkylation sites (tertiary alicyclic amines) is 1. The lowest BCUT2D eigenvalue weighted by Crippen LogP contribution is -2.50. The zero-order chi connectivity index (χ0) is 13.2. The molecule has 0 aliphatic carbocycles. The van der Waals surface area contributed by atoms with Crippen molar-refractivity contribution in [1.82, 2.24) is 19.9 Å². The van der Waals surface area contributed by atoms with E-state index in [4.69, 9.17) is 4.74 Å². The zero-order valence-electron chi connectivity index (χ0n) is 11.0. The average molecular weight is 282 g/mol. The third kappa shape index (κ3) is 2.49. The van der Waals surface area contributed by atoms with Gasteiger partial charge in [-0.2, -0.15) is 11.8 Å². The Balaban J connectivity index is 1.70. The van der Waals surface area contributed by atoms with Gasteiger partial charge in [-0.25, -0.2) is 4.68 Å². The summed E-state index contributed by atoms with van der Waals surface area (Å²) in [5, 5.41) is 8.08. The Kier molecular flexibility index (Phi) is 3.74. The second kappa shape index (κ2) is 5.50. The number of carbonyl (C=O) groups is 1. The number of ether oxygens (including phenoxy) is 1. The molecule has 3 rings (SSSR count). The smallest absolute Gasteiger partial charge is 0.232 e. The molecule has 2 aliphatic rings. The number of fused-ring (bicyclic) bond motifs is 3. The first-order chi connectivity index (χ1) is 9.29. The molecule has 0 bridgehead atoms. The first kappa shape index (κ1) is 12.9. The van der Waals surface area contributed by atoms with Crippen molar-refractivity contribution < 1.29 is 9.53 Å². The third-order valence-electron chi connectivity index (χ3n) is 3.71. The summed E-state index contributed by atoms with van der Waals surface area (Å²) in [5.74, 6) is 1.76. The Morgan fingerprint density at radius 1 is 1.63 bits per heavy atom. The number of aromatic nitrogens is 3. The number of carbonyl (C=O) groups excluding carboxylic acids is 1. The van der Waals surface area contributed by atoms with Gasteiger partial charge in [-0.15, -0.1) is 5.10 Å². The van der Waals surface area contributed by atoms with Gasteiger partial charge in [-0.05, 0) is 12.2 Å². The number of rotatable bonds is 3. The third-order valence-corrected chi connectivity index (χ3v) is 4.57. The molecule has 0 radical (unpaired) electrons. The normalized spacial score (nSPS) is 25.8. The van der Waals surface area contributed by atoms with Crippen LogP contribution >= 0.6 is 11.8 Å². The number of amides is 1. The van der Waals surface area contributed by atoms with Gasteiger partial charge in [0.25, 0.3) is 0 Å². The van der Waals surface area contributed by atoms with Crippen LogP contribution in [0.25, 0.3) is 0 Å². The molecule has 6 nitrogen and oxygen atoms in total. The summed E-state index contributed by atoms with van der Waals surface area (Å²) in [6.45, 7) is 4.12. The van der Waals surface area contributed by atoms with Crippen molar-refractivity contribution in [2.45, 2.75) is 32.1 Å². The van der Waals surface area contributed by atoms with Crippen molar-refractivity contribution in [3.63, 3.8) is 0 Å². The van der Waals surface area contributed by atoms with E-state index in [9.17, 15) is 4.79 Å². The number of nitrogens with zero attached hydrogens (tertiary/aromatic N) is 4. The van der Waals surface area contributed by atoms with E-state index in [0.29, 0.717) is 18.9 Å². The lowest BCUT2D eigenvalue weighted by atomic mass is 10.0. The monoisotopic (exact) mass is 282 g/mol. The van der Waals surface area contributed by atoms with Gasteiger partial charge in [-0.3, -0.25) is 4.79 Å². The number of hydrogen-bond acceptors (Lipinski definition) is 5. The summed E-state index contributed by atoms with van der Waals surface area (Å²) in [6, 6.07) is 0.121. The SMILES string of the molecule is CCSCC(=O)N1CC[C@@H]2OCc3cnnn3[C@@H]2C1. The molecule has 1 saturated heterocycles. The minimum atomic E-state index is 0.121. The van der Waals surface area contributed by atoms with Gasteiger partial charge in [-0.1, -0.05) is 12.1 Å². The van der Waals surface area contributed by atoms with E-state index in [2.05, 4.69) is 17.2 Å². The fraction of sp³-hybridized carbons (Fsp3) is 0.750. The van der Waals surface area contributed by atoms with Crippen LogP contribution < -0.4 is 0 Å². The predicted molar refractivity (Wildman–Crippen MR) is 71.8 cm³/mol. The molecule has 2 atom stereocenters. The van der Waals surface area contributed by atoms with E-state index in [1.807, 2.05) is 9.58 Å². The Hall–Kier alpha value is -1.08. The standard InChI is InChI=1S/C12H18N4O2S/c1-2-19-8-12(17)15-4-3-11-10(6-15)16-9(7-18-11)5-13-14-16/h5,10-11H,2-4,6-8H2,1H3/t10-,11+/m1/s1. The van der Waals surface area contributed by atoms with Crippen LogP contribution in [0.4, 0.5) is 0 Å². The molecule has 1 fully saturated rings. The maximum absolute atomic E-state index is 12.1. The highest BCUT2D eigenvalue weighted by molar-refractivity contribution is 7.99. The molecule has 0 N–H and O–H groups in total. The first-order valence-corrected chi connectivity index (χ1v) is 7.81. The lowest BCUT2D eigenvalue weighted by Gasteiger charge is -2.41. The van der Waals surface area contributed by atoms with Gasteiger partial charge in [0.1, 0.15) is 0 Å². The number of piperidine rings is 1. The van der Waals surface area contributed by atoms with Crippen LogP contribution in [0.5, 0.6) is 0 Å². The second-order valence-electron chi connectivity index (χ2n) is 4.85. The van der Waals surface area contributed by atoms with Gasteiger partial charge in [0.05, 0.1) is 36.4 Å². The van der Waals surface area contributed by atoms with Crippen LogP contribution in [-0.2, 0) is 16.1 Å². The molecule has 0 spiro atoms. The summed E-state index contributed by atoms with van der Waals surface area (Å²) >= 11 is 1.67. The van der Waals surface area contributed by atoms with E-state index in [1.54, 1.807) is 18.0 Å². The van der Waals surface area contributed by atoms with Crippen molar-refractivity contribution in [3.8, 4) is 0 Å². The summed E-state index contributed by atoms with van der Waals surface area (Å²) in [6.07, 6.45) is 2.79. The Bertz CT molecular complexity index is 464. The molecule has 0 saturated carbocycles. The second-order valence-corrected chi connectivity index (χ2v) is 6.13. The van der Waals surface area contributed by atoms with Gasteiger partial charge in [0, 0.05) is 13.1 Å². The highest BCUT2D eigenvalue weighted by Gasteiger charge is 2.37. The molecule has 19 heavy (non-hydrogen) atoms. The van der Waals surface area contributed by atoms with Gasteiger partial charge >= 0.3 is 0 Å². The van der Waals surface area contributed by atoms with Gasteiger partial charge in [0.15, 0.2) is 0 Å². The predicted octanol–water partition coefficient (Wildman–Crippen LogP) is 0.703. The Labute approximate surface area is 116 Å². The highest BCUT2D eigenvalue weighted by Crippen LogP contribution is 2.30. The van der Waals surface area contributed by atoms with Crippen LogP contribution in [0, 0.1) is 0 Å². The minimum absolute atomic E-state index is 0.121. The Morgan fingerprint density at radius 2 is 2.53 bits per heavy atom. The van der Waals surface area contributed by atoms with Crippen molar-refractivity contribution in [2.75, 3.05) is 24.6 Å². The first-order valence-electron chi connectivity index (χ1n) is 6.65. The molecule has 1 amide bonds. The fourth-order valence-corrected chi connectivity index (χ4v) is 3.25. The Morgan fingerprint density at radius 3 is 3.37 bits per heavy atom. The van der Waals surface area contributed by atoms with Crippen molar-refractivity contribution >= 4 is 17.7 Å². The quantitative estimate of drug-likeness (QED) is 0.817. The molecule has 2 aliphatic heterocycles.